The lowest BCUT2D eigenvalue weighted by Crippen LogP contribution is -2.34. The van der Waals surface area contributed by atoms with Crippen LogP contribution < -0.4 is 10.1 Å². The van der Waals surface area contributed by atoms with Crippen LogP contribution in [0.3, 0.4) is 0 Å². The van der Waals surface area contributed by atoms with Gasteiger partial charge in [0.1, 0.15) is 5.75 Å². The summed E-state index contributed by atoms with van der Waals surface area (Å²) in [5, 5.41) is 3.19. The Kier molecular flexibility index (Phi) is 5.14. The van der Waals surface area contributed by atoms with E-state index in [-0.39, 0.29) is 24.8 Å². The van der Waals surface area contributed by atoms with Crippen molar-refractivity contribution in [2.75, 3.05) is 14.2 Å². The van der Waals surface area contributed by atoms with Gasteiger partial charge < -0.3 is 10.1 Å². The van der Waals surface area contributed by atoms with Crippen molar-refractivity contribution in [2.45, 2.75) is 37.9 Å². The van der Waals surface area contributed by atoms with Gasteiger partial charge in [-0.1, -0.05) is 18.6 Å². The second-order valence-corrected chi connectivity index (χ2v) is 5.70. The van der Waals surface area contributed by atoms with E-state index < -0.39 is 12.1 Å². The number of hydrogen-bond acceptors (Lipinski definition) is 2. The van der Waals surface area contributed by atoms with Crippen molar-refractivity contribution < 1.29 is 17.9 Å². The average Bonchev–Trinajstić information content (AvgIpc) is 2.48. The molecular formula is C16H22F3NO. The highest BCUT2D eigenvalue weighted by Gasteiger charge is 2.43. The molecule has 118 valence electrons. The summed E-state index contributed by atoms with van der Waals surface area (Å²) in [6, 6.07) is 7.52. The molecule has 3 unspecified atom stereocenters. The number of alkyl halides is 3. The van der Waals surface area contributed by atoms with Crippen LogP contribution in [0.1, 0.15) is 37.3 Å². The van der Waals surface area contributed by atoms with Gasteiger partial charge in [-0.2, -0.15) is 13.2 Å². The lowest BCUT2D eigenvalue weighted by Gasteiger charge is -2.35. The highest BCUT2D eigenvalue weighted by atomic mass is 19.4. The highest BCUT2D eigenvalue weighted by Crippen LogP contribution is 2.43. The SMILES string of the molecule is CNC(c1ccc(OC)cc1)C1CCCC(C(F)(F)F)C1. The van der Waals surface area contributed by atoms with Crippen LogP contribution >= 0.6 is 0 Å². The van der Waals surface area contributed by atoms with E-state index in [1.165, 1.54) is 0 Å². The summed E-state index contributed by atoms with van der Waals surface area (Å²) in [6.07, 6.45) is -2.12. The van der Waals surface area contributed by atoms with Crippen molar-refractivity contribution >= 4 is 0 Å². The van der Waals surface area contributed by atoms with E-state index >= 15 is 0 Å². The van der Waals surface area contributed by atoms with Gasteiger partial charge in [0.2, 0.25) is 0 Å². The van der Waals surface area contributed by atoms with E-state index in [1.54, 1.807) is 7.11 Å². The molecule has 1 aromatic rings. The zero-order valence-corrected chi connectivity index (χ0v) is 12.4. The third kappa shape index (κ3) is 3.90. The van der Waals surface area contributed by atoms with E-state index in [4.69, 9.17) is 4.74 Å². The summed E-state index contributed by atoms with van der Waals surface area (Å²) in [7, 11) is 3.41. The van der Waals surface area contributed by atoms with Crippen LogP contribution in [0.4, 0.5) is 13.2 Å². The molecule has 0 radical (unpaired) electrons. The molecule has 2 rings (SSSR count). The molecule has 0 heterocycles. The summed E-state index contributed by atoms with van der Waals surface area (Å²) in [4.78, 5) is 0. The molecule has 1 aliphatic carbocycles. The smallest absolute Gasteiger partial charge is 0.391 e. The van der Waals surface area contributed by atoms with Gasteiger partial charge in [-0.25, -0.2) is 0 Å². The number of ether oxygens (including phenoxy) is 1. The molecule has 1 fully saturated rings. The molecule has 2 nitrogen and oxygen atoms in total. The zero-order valence-electron chi connectivity index (χ0n) is 12.4. The molecular weight excluding hydrogens is 279 g/mol. The van der Waals surface area contributed by atoms with Crippen molar-refractivity contribution in [1.29, 1.82) is 0 Å². The lowest BCUT2D eigenvalue weighted by molar-refractivity contribution is -0.186. The molecule has 0 saturated heterocycles. The van der Waals surface area contributed by atoms with Gasteiger partial charge in [-0.05, 0) is 49.9 Å². The first-order chi connectivity index (χ1) is 9.95. The summed E-state index contributed by atoms with van der Waals surface area (Å²) in [5.41, 5.74) is 1.02. The molecule has 1 saturated carbocycles. The van der Waals surface area contributed by atoms with Crippen molar-refractivity contribution in [3.63, 3.8) is 0 Å². The predicted octanol–water partition coefficient (Wildman–Crippen LogP) is 4.32. The third-order valence-electron chi connectivity index (χ3n) is 4.44. The van der Waals surface area contributed by atoms with Crippen molar-refractivity contribution in [1.82, 2.24) is 5.32 Å². The van der Waals surface area contributed by atoms with Gasteiger partial charge in [0.25, 0.3) is 0 Å². The largest absolute Gasteiger partial charge is 0.497 e. The average molecular weight is 301 g/mol. The molecule has 1 N–H and O–H groups in total. The predicted molar refractivity (Wildman–Crippen MR) is 76.3 cm³/mol. The molecule has 0 aliphatic heterocycles. The van der Waals surface area contributed by atoms with Gasteiger partial charge >= 0.3 is 6.18 Å². The van der Waals surface area contributed by atoms with Gasteiger partial charge in [-0.15, -0.1) is 0 Å². The monoisotopic (exact) mass is 301 g/mol. The van der Waals surface area contributed by atoms with Crippen molar-refractivity contribution in [3.05, 3.63) is 29.8 Å². The second kappa shape index (κ2) is 6.69. The normalized spacial score (nSPS) is 24.6. The molecule has 0 amide bonds. The molecule has 0 bridgehead atoms. The molecule has 5 heteroatoms. The number of nitrogens with one attached hydrogen (secondary N) is 1. The van der Waals surface area contributed by atoms with Crippen molar-refractivity contribution in [3.8, 4) is 5.75 Å². The van der Waals surface area contributed by atoms with E-state index in [9.17, 15) is 13.2 Å². The fraction of sp³-hybridized carbons (Fsp3) is 0.625. The fourth-order valence-corrected chi connectivity index (χ4v) is 3.31. The minimum absolute atomic E-state index is 0.0174. The Labute approximate surface area is 123 Å². The molecule has 0 aromatic heterocycles. The minimum Gasteiger partial charge on any atom is -0.497 e. The molecule has 21 heavy (non-hydrogen) atoms. The maximum atomic E-state index is 12.9. The van der Waals surface area contributed by atoms with Gasteiger partial charge in [0.15, 0.2) is 0 Å². The van der Waals surface area contributed by atoms with Crippen LogP contribution in [0.25, 0.3) is 0 Å². The minimum atomic E-state index is -4.07. The Bertz CT molecular complexity index is 444. The molecule has 1 aliphatic rings. The Morgan fingerprint density at radius 3 is 2.38 bits per heavy atom. The van der Waals surface area contributed by atoms with Crippen LogP contribution in [0.2, 0.25) is 0 Å². The van der Waals surface area contributed by atoms with Crippen LogP contribution in [0.15, 0.2) is 24.3 Å². The Balaban J connectivity index is 2.12. The standard InChI is InChI=1S/C16H22F3NO/c1-20-15(11-6-8-14(21-2)9-7-11)12-4-3-5-13(10-12)16(17,18)19/h6-9,12-13,15,20H,3-5,10H2,1-2H3. The third-order valence-corrected chi connectivity index (χ3v) is 4.44. The van der Waals surface area contributed by atoms with Crippen LogP contribution in [0.5, 0.6) is 5.75 Å². The van der Waals surface area contributed by atoms with Crippen molar-refractivity contribution in [2.24, 2.45) is 11.8 Å². The number of hydrogen-bond donors (Lipinski definition) is 1. The molecule has 1 aromatic carbocycles. The Morgan fingerprint density at radius 1 is 1.19 bits per heavy atom. The lowest BCUT2D eigenvalue weighted by atomic mass is 9.76. The summed E-state index contributed by atoms with van der Waals surface area (Å²) < 4.78 is 44.0. The zero-order chi connectivity index (χ0) is 15.5. The Morgan fingerprint density at radius 2 is 1.86 bits per heavy atom. The number of methoxy groups -OCH3 is 1. The van der Waals surface area contributed by atoms with Crippen LogP contribution in [-0.4, -0.2) is 20.3 Å². The first-order valence-electron chi connectivity index (χ1n) is 7.33. The molecule has 0 spiro atoms. The summed E-state index contributed by atoms with van der Waals surface area (Å²) in [6.45, 7) is 0. The first-order valence-corrected chi connectivity index (χ1v) is 7.33. The fourth-order valence-electron chi connectivity index (χ4n) is 3.31. The van der Waals surface area contributed by atoms with Crippen LogP contribution in [-0.2, 0) is 0 Å². The quantitative estimate of drug-likeness (QED) is 0.894. The van der Waals surface area contributed by atoms with Gasteiger partial charge in [-0.3, -0.25) is 0 Å². The number of benzene rings is 1. The van der Waals surface area contributed by atoms with E-state index in [2.05, 4.69) is 5.32 Å². The second-order valence-electron chi connectivity index (χ2n) is 5.70. The van der Waals surface area contributed by atoms with E-state index in [1.807, 2.05) is 31.3 Å². The van der Waals surface area contributed by atoms with Gasteiger partial charge in [0.05, 0.1) is 13.0 Å². The topological polar surface area (TPSA) is 21.3 Å². The van der Waals surface area contributed by atoms with Crippen LogP contribution in [0, 0.1) is 11.8 Å². The summed E-state index contributed by atoms with van der Waals surface area (Å²) in [5.74, 6) is -0.389. The summed E-state index contributed by atoms with van der Waals surface area (Å²) >= 11 is 0. The van der Waals surface area contributed by atoms with E-state index in [0.717, 1.165) is 17.7 Å². The first kappa shape index (κ1) is 16.1. The van der Waals surface area contributed by atoms with E-state index in [0.29, 0.717) is 6.42 Å². The maximum absolute atomic E-state index is 12.9. The highest BCUT2D eigenvalue weighted by molar-refractivity contribution is 5.29. The maximum Gasteiger partial charge on any atom is 0.391 e. The number of halogens is 3. The number of rotatable bonds is 4. The Hall–Kier alpha value is -1.23. The van der Waals surface area contributed by atoms with Gasteiger partial charge in [0, 0.05) is 6.04 Å². The molecule has 3 atom stereocenters.